The third-order valence-electron chi connectivity index (χ3n) is 2.78. The maximum absolute atomic E-state index is 12.4. The first-order valence-corrected chi connectivity index (χ1v) is 7.03. The van der Waals surface area contributed by atoms with E-state index in [1.165, 1.54) is 4.90 Å². The topological polar surface area (TPSA) is 75.4 Å². The van der Waals surface area contributed by atoms with Crippen molar-refractivity contribution in [2.45, 2.75) is 20.8 Å². The molecule has 1 aromatic rings. The van der Waals surface area contributed by atoms with Crippen molar-refractivity contribution in [1.82, 2.24) is 10.1 Å². The van der Waals surface area contributed by atoms with Crippen molar-refractivity contribution in [3.8, 4) is 0 Å². The second-order valence-electron chi connectivity index (χ2n) is 5.36. The highest BCUT2D eigenvalue weighted by atomic mass is 35.5. The standard InChI is InChI=1S/C14H20ClN3O3/c1-5-6-18(13(20)14(3,4)9-15)8-12(19)16-11-7-10(2)21-17-11/h5,7H,1,6,8-9H2,2-4H3,(H,16,17,19). The van der Waals surface area contributed by atoms with Crippen LogP contribution in [-0.2, 0) is 9.59 Å². The number of anilines is 1. The highest BCUT2D eigenvalue weighted by Gasteiger charge is 2.31. The number of aromatic nitrogens is 1. The monoisotopic (exact) mass is 313 g/mol. The predicted octanol–water partition coefficient (Wildman–Crippen LogP) is 2.20. The van der Waals surface area contributed by atoms with Gasteiger partial charge in [-0.1, -0.05) is 11.2 Å². The summed E-state index contributed by atoms with van der Waals surface area (Å²) in [4.78, 5) is 25.7. The number of rotatable bonds is 7. The van der Waals surface area contributed by atoms with E-state index in [9.17, 15) is 9.59 Å². The molecule has 7 heteroatoms. The van der Waals surface area contributed by atoms with E-state index in [-0.39, 0.29) is 30.8 Å². The largest absolute Gasteiger partial charge is 0.360 e. The number of carbonyl (C=O) groups is 2. The molecule has 0 fully saturated rings. The van der Waals surface area contributed by atoms with Gasteiger partial charge in [-0.3, -0.25) is 9.59 Å². The second-order valence-corrected chi connectivity index (χ2v) is 5.63. The fraction of sp³-hybridized carbons (Fsp3) is 0.500. The average Bonchev–Trinajstić information content (AvgIpc) is 2.82. The third-order valence-corrected chi connectivity index (χ3v) is 3.45. The van der Waals surface area contributed by atoms with Gasteiger partial charge >= 0.3 is 0 Å². The minimum atomic E-state index is -0.741. The molecule has 0 aromatic carbocycles. The van der Waals surface area contributed by atoms with Crippen molar-refractivity contribution in [2.24, 2.45) is 5.41 Å². The van der Waals surface area contributed by atoms with Gasteiger partial charge in [0, 0.05) is 18.5 Å². The zero-order valence-electron chi connectivity index (χ0n) is 12.5. The Morgan fingerprint density at radius 2 is 2.24 bits per heavy atom. The van der Waals surface area contributed by atoms with Crippen molar-refractivity contribution in [3.63, 3.8) is 0 Å². The molecule has 116 valence electrons. The fourth-order valence-corrected chi connectivity index (χ4v) is 1.76. The zero-order valence-corrected chi connectivity index (χ0v) is 13.2. The van der Waals surface area contributed by atoms with Crippen molar-refractivity contribution in [2.75, 3.05) is 24.3 Å². The molecule has 2 amide bonds. The van der Waals surface area contributed by atoms with Crippen molar-refractivity contribution >= 4 is 29.2 Å². The van der Waals surface area contributed by atoms with Crippen LogP contribution in [-0.4, -0.2) is 40.8 Å². The van der Waals surface area contributed by atoms with Crippen LogP contribution in [0.4, 0.5) is 5.82 Å². The molecule has 1 rings (SSSR count). The molecule has 0 saturated heterocycles. The quantitative estimate of drug-likeness (QED) is 0.618. The maximum Gasteiger partial charge on any atom is 0.245 e. The van der Waals surface area contributed by atoms with Crippen molar-refractivity contribution in [1.29, 1.82) is 0 Å². The van der Waals surface area contributed by atoms with Gasteiger partial charge in [0.15, 0.2) is 5.82 Å². The Morgan fingerprint density at radius 3 is 2.71 bits per heavy atom. The highest BCUT2D eigenvalue weighted by Crippen LogP contribution is 2.20. The number of aryl methyl sites for hydroxylation is 1. The Morgan fingerprint density at radius 1 is 1.57 bits per heavy atom. The molecule has 0 saturated carbocycles. The number of nitrogens with zero attached hydrogens (tertiary/aromatic N) is 2. The molecule has 0 aliphatic carbocycles. The lowest BCUT2D eigenvalue weighted by Gasteiger charge is -2.29. The summed E-state index contributed by atoms with van der Waals surface area (Å²) in [5, 5.41) is 6.24. The Labute approximate surface area is 129 Å². The summed E-state index contributed by atoms with van der Waals surface area (Å²) < 4.78 is 4.86. The van der Waals surface area contributed by atoms with E-state index in [1.807, 2.05) is 0 Å². The molecule has 0 atom stereocenters. The van der Waals surface area contributed by atoms with Crippen LogP contribution in [0.1, 0.15) is 19.6 Å². The molecule has 0 aliphatic rings. The molecule has 1 aromatic heterocycles. The van der Waals surface area contributed by atoms with Gasteiger partial charge in [-0.25, -0.2) is 0 Å². The van der Waals surface area contributed by atoms with Gasteiger partial charge < -0.3 is 14.7 Å². The fourth-order valence-electron chi connectivity index (χ4n) is 1.64. The van der Waals surface area contributed by atoms with E-state index in [1.54, 1.807) is 32.9 Å². The number of carbonyl (C=O) groups excluding carboxylic acids is 2. The van der Waals surface area contributed by atoms with Crippen LogP contribution in [0.15, 0.2) is 23.2 Å². The Balaban J connectivity index is 2.71. The van der Waals surface area contributed by atoms with Crippen LogP contribution < -0.4 is 5.32 Å². The number of hydrogen-bond acceptors (Lipinski definition) is 4. The number of hydrogen-bond donors (Lipinski definition) is 1. The first-order chi connectivity index (χ1) is 9.80. The van der Waals surface area contributed by atoms with Gasteiger partial charge in [0.05, 0.1) is 5.41 Å². The summed E-state index contributed by atoms with van der Waals surface area (Å²) >= 11 is 5.81. The molecule has 6 nitrogen and oxygen atoms in total. The van der Waals surface area contributed by atoms with Crippen molar-refractivity contribution in [3.05, 3.63) is 24.5 Å². The molecule has 0 unspecified atom stereocenters. The lowest BCUT2D eigenvalue weighted by Crippen LogP contribution is -2.45. The lowest BCUT2D eigenvalue weighted by molar-refractivity contribution is -0.141. The smallest absolute Gasteiger partial charge is 0.245 e. The van der Waals surface area contributed by atoms with E-state index in [0.29, 0.717) is 11.6 Å². The first-order valence-electron chi connectivity index (χ1n) is 6.49. The van der Waals surface area contributed by atoms with Gasteiger partial charge in [-0.15, -0.1) is 18.2 Å². The molecule has 21 heavy (non-hydrogen) atoms. The van der Waals surface area contributed by atoms with Crippen LogP contribution in [0.2, 0.25) is 0 Å². The van der Waals surface area contributed by atoms with E-state index in [2.05, 4.69) is 17.1 Å². The molecule has 0 bridgehead atoms. The molecule has 1 heterocycles. The maximum atomic E-state index is 12.4. The summed E-state index contributed by atoms with van der Waals surface area (Å²) in [6.07, 6.45) is 1.57. The Bertz CT molecular complexity index is 525. The number of amides is 2. The molecular weight excluding hydrogens is 294 g/mol. The number of halogens is 1. The summed E-state index contributed by atoms with van der Waals surface area (Å²) in [5.41, 5.74) is -0.741. The van der Waals surface area contributed by atoms with E-state index in [4.69, 9.17) is 16.1 Å². The molecular formula is C14H20ClN3O3. The molecule has 0 spiro atoms. The summed E-state index contributed by atoms with van der Waals surface area (Å²) in [5.74, 6) is 0.518. The van der Waals surface area contributed by atoms with Crippen molar-refractivity contribution < 1.29 is 14.1 Å². The third kappa shape index (κ3) is 4.90. The Hall–Kier alpha value is -1.82. The summed E-state index contributed by atoms with van der Waals surface area (Å²) in [7, 11) is 0. The van der Waals surface area contributed by atoms with Crippen LogP contribution >= 0.6 is 11.6 Å². The summed E-state index contributed by atoms with van der Waals surface area (Å²) in [6, 6.07) is 1.60. The van der Waals surface area contributed by atoms with Gasteiger partial charge in [0.1, 0.15) is 12.3 Å². The van der Waals surface area contributed by atoms with Crippen LogP contribution in [0.5, 0.6) is 0 Å². The molecule has 0 aliphatic heterocycles. The number of nitrogens with one attached hydrogen (secondary N) is 1. The predicted molar refractivity (Wildman–Crippen MR) is 81.1 cm³/mol. The molecule has 1 N–H and O–H groups in total. The average molecular weight is 314 g/mol. The zero-order chi connectivity index (χ0) is 16.0. The minimum Gasteiger partial charge on any atom is -0.360 e. The van der Waals surface area contributed by atoms with Gasteiger partial charge in [-0.05, 0) is 20.8 Å². The van der Waals surface area contributed by atoms with Crippen LogP contribution in [0, 0.1) is 12.3 Å². The first kappa shape index (κ1) is 17.2. The van der Waals surface area contributed by atoms with Gasteiger partial charge in [-0.2, -0.15) is 0 Å². The number of alkyl halides is 1. The normalized spacial score (nSPS) is 11.0. The molecule has 0 radical (unpaired) electrons. The second kappa shape index (κ2) is 7.26. The lowest BCUT2D eigenvalue weighted by atomic mass is 9.94. The Kier molecular flexibility index (Phi) is 5.96. The van der Waals surface area contributed by atoms with E-state index >= 15 is 0 Å². The summed E-state index contributed by atoms with van der Waals surface area (Å²) in [6.45, 7) is 8.96. The highest BCUT2D eigenvalue weighted by molar-refractivity contribution is 6.19. The van der Waals surface area contributed by atoms with Gasteiger partial charge in [0.2, 0.25) is 11.8 Å². The minimum absolute atomic E-state index is 0.100. The van der Waals surface area contributed by atoms with Gasteiger partial charge in [0.25, 0.3) is 0 Å². The van der Waals surface area contributed by atoms with Crippen LogP contribution in [0.25, 0.3) is 0 Å². The van der Waals surface area contributed by atoms with Crippen LogP contribution in [0.3, 0.4) is 0 Å². The van der Waals surface area contributed by atoms with E-state index < -0.39 is 5.41 Å². The van der Waals surface area contributed by atoms with E-state index in [0.717, 1.165) is 0 Å². The SMILES string of the molecule is C=CCN(CC(=O)Nc1cc(C)on1)C(=O)C(C)(C)CCl.